The fraction of sp³-hybridized carbons (Fsp3) is 0.294. The Balaban J connectivity index is 1.52. The zero-order valence-electron chi connectivity index (χ0n) is 13.1. The third kappa shape index (κ3) is 3.14. The van der Waals surface area contributed by atoms with Gasteiger partial charge in [0.05, 0.1) is 0 Å². The lowest BCUT2D eigenvalue weighted by atomic mass is 9.86. The first-order valence-corrected chi connectivity index (χ1v) is 9.02. The maximum Gasteiger partial charge on any atom is 0.254 e. The molecule has 2 aromatic rings. The molecule has 6 nitrogen and oxygen atoms in total. The Morgan fingerprint density at radius 3 is 2.76 bits per heavy atom. The smallest absolute Gasteiger partial charge is 0.254 e. The van der Waals surface area contributed by atoms with Crippen molar-refractivity contribution < 1.29 is 9.59 Å². The Bertz CT molecular complexity index is 867. The van der Waals surface area contributed by atoms with Crippen LogP contribution < -0.4 is 5.32 Å². The van der Waals surface area contributed by atoms with Crippen molar-refractivity contribution in [3.63, 3.8) is 0 Å². The number of carbonyl (C=O) groups is 2. The molecule has 0 unspecified atom stereocenters. The van der Waals surface area contributed by atoms with E-state index in [2.05, 4.69) is 31.4 Å². The predicted molar refractivity (Wildman–Crippen MR) is 96.6 cm³/mol. The monoisotopic (exact) mass is 420 g/mol. The van der Waals surface area contributed by atoms with Gasteiger partial charge in [0.2, 0.25) is 5.91 Å². The fourth-order valence-electron chi connectivity index (χ4n) is 3.28. The van der Waals surface area contributed by atoms with E-state index >= 15 is 0 Å². The van der Waals surface area contributed by atoms with Gasteiger partial charge in [-0.2, -0.15) is 0 Å². The number of rotatable bonds is 3. The van der Waals surface area contributed by atoms with Gasteiger partial charge in [-0.15, -0.1) is 10.2 Å². The van der Waals surface area contributed by atoms with Crippen LogP contribution in [0.15, 0.2) is 34.8 Å². The number of halogens is 2. The number of hydrogen-bond acceptors (Lipinski definition) is 4. The van der Waals surface area contributed by atoms with Gasteiger partial charge in [0.25, 0.3) is 5.91 Å². The molecule has 25 heavy (non-hydrogen) atoms. The van der Waals surface area contributed by atoms with Crippen molar-refractivity contribution in [2.75, 3.05) is 18.4 Å². The van der Waals surface area contributed by atoms with Crippen LogP contribution in [0.1, 0.15) is 28.8 Å². The number of anilines is 1. The third-order valence-electron chi connectivity index (χ3n) is 4.65. The largest absolute Gasteiger partial charge is 0.328 e. The molecule has 2 amide bonds. The summed E-state index contributed by atoms with van der Waals surface area (Å²) >= 11 is 9.15. The van der Waals surface area contributed by atoms with E-state index in [-0.39, 0.29) is 28.9 Å². The van der Waals surface area contributed by atoms with Gasteiger partial charge in [0.1, 0.15) is 6.54 Å². The van der Waals surface area contributed by atoms with Crippen LogP contribution >= 0.6 is 27.5 Å². The summed E-state index contributed by atoms with van der Waals surface area (Å²) in [5, 5.41) is 10.4. The Morgan fingerprint density at radius 2 is 2.08 bits per heavy atom. The summed E-state index contributed by atoms with van der Waals surface area (Å²) < 4.78 is 0.970. The second-order valence-electron chi connectivity index (χ2n) is 6.42. The minimum atomic E-state index is -0.304. The molecule has 128 valence electrons. The van der Waals surface area contributed by atoms with Gasteiger partial charge in [-0.25, -0.2) is 0 Å². The van der Waals surface area contributed by atoms with Gasteiger partial charge in [0, 0.05) is 22.0 Å². The molecule has 2 aliphatic rings. The van der Waals surface area contributed by atoms with Crippen molar-refractivity contribution in [1.82, 2.24) is 15.1 Å². The van der Waals surface area contributed by atoms with Crippen LogP contribution in [-0.4, -0.2) is 40.0 Å². The van der Waals surface area contributed by atoms with Crippen LogP contribution in [-0.2, 0) is 10.2 Å². The highest BCUT2D eigenvalue weighted by molar-refractivity contribution is 9.10. The van der Waals surface area contributed by atoms with E-state index in [1.165, 1.54) is 0 Å². The van der Waals surface area contributed by atoms with E-state index in [1.807, 2.05) is 18.2 Å². The van der Waals surface area contributed by atoms with E-state index in [0.717, 1.165) is 22.9 Å². The van der Waals surface area contributed by atoms with Crippen molar-refractivity contribution >= 4 is 45.2 Å². The second kappa shape index (κ2) is 6.07. The summed E-state index contributed by atoms with van der Waals surface area (Å²) in [6, 6.07) is 8.83. The molecule has 1 aromatic carbocycles. The average molecular weight is 422 g/mol. The minimum Gasteiger partial charge on any atom is -0.328 e. The van der Waals surface area contributed by atoms with E-state index in [1.54, 1.807) is 17.0 Å². The molecule has 0 atom stereocenters. The summed E-state index contributed by atoms with van der Waals surface area (Å²) in [5.74, 6) is -0.108. The topological polar surface area (TPSA) is 75.2 Å². The molecule has 1 spiro atoms. The Hall–Kier alpha value is -1.99. The summed E-state index contributed by atoms with van der Waals surface area (Å²) in [6.07, 6.45) is 2.06. The summed E-state index contributed by atoms with van der Waals surface area (Å²) in [4.78, 5) is 26.7. The van der Waals surface area contributed by atoms with Crippen LogP contribution in [0.5, 0.6) is 0 Å². The molecule has 1 N–H and O–H groups in total. The number of amides is 2. The SMILES string of the molecule is O=C(CN1CC2(CC2)c2cc(Br)ccc2C1=O)Nc1ccc(Cl)nn1. The number of aromatic nitrogens is 2. The molecule has 1 fully saturated rings. The van der Waals surface area contributed by atoms with Crippen LogP contribution in [0.25, 0.3) is 0 Å². The highest BCUT2D eigenvalue weighted by Gasteiger charge is 2.51. The third-order valence-corrected chi connectivity index (χ3v) is 5.35. The number of nitrogens with zero attached hydrogens (tertiary/aromatic N) is 3. The number of carbonyl (C=O) groups excluding carboxylic acids is 2. The zero-order chi connectivity index (χ0) is 17.6. The molecule has 1 aromatic heterocycles. The van der Waals surface area contributed by atoms with E-state index in [9.17, 15) is 9.59 Å². The molecule has 4 rings (SSSR count). The quantitative estimate of drug-likeness (QED) is 0.826. The first-order valence-electron chi connectivity index (χ1n) is 7.85. The Kier molecular flexibility index (Phi) is 4.00. The van der Waals surface area contributed by atoms with Crippen molar-refractivity contribution in [2.45, 2.75) is 18.3 Å². The molecule has 0 saturated heterocycles. The minimum absolute atomic E-state index is 0.00657. The van der Waals surface area contributed by atoms with Gasteiger partial charge >= 0.3 is 0 Å². The first kappa shape index (κ1) is 16.5. The molecule has 1 saturated carbocycles. The highest BCUT2D eigenvalue weighted by Crippen LogP contribution is 2.52. The van der Waals surface area contributed by atoms with Crippen molar-refractivity contribution in [1.29, 1.82) is 0 Å². The molecule has 8 heteroatoms. The van der Waals surface area contributed by atoms with Gasteiger partial charge in [0.15, 0.2) is 11.0 Å². The van der Waals surface area contributed by atoms with Gasteiger partial charge in [-0.3, -0.25) is 9.59 Å². The van der Waals surface area contributed by atoms with Crippen LogP contribution in [0.2, 0.25) is 5.15 Å². The van der Waals surface area contributed by atoms with Gasteiger partial charge in [-0.1, -0.05) is 27.5 Å². The maximum atomic E-state index is 12.8. The Labute approximate surface area is 157 Å². The normalized spacial score (nSPS) is 17.4. The Morgan fingerprint density at radius 1 is 1.28 bits per heavy atom. The molecule has 0 bridgehead atoms. The van der Waals surface area contributed by atoms with Crippen LogP contribution in [0.4, 0.5) is 5.82 Å². The molecule has 1 aliphatic carbocycles. The average Bonchev–Trinajstić information content (AvgIpc) is 3.35. The predicted octanol–water partition coefficient (Wildman–Crippen LogP) is 3.02. The lowest BCUT2D eigenvalue weighted by molar-refractivity contribution is -0.117. The molecule has 2 heterocycles. The van der Waals surface area contributed by atoms with Crippen molar-refractivity contribution in [3.05, 3.63) is 51.1 Å². The highest BCUT2D eigenvalue weighted by atomic mass is 79.9. The number of fused-ring (bicyclic) bond motifs is 2. The van der Waals surface area contributed by atoms with Crippen molar-refractivity contribution in [3.8, 4) is 0 Å². The van der Waals surface area contributed by atoms with Crippen molar-refractivity contribution in [2.24, 2.45) is 0 Å². The maximum absolute atomic E-state index is 12.8. The molecule has 1 aliphatic heterocycles. The molecular formula is C17H14BrClN4O2. The zero-order valence-corrected chi connectivity index (χ0v) is 15.5. The fourth-order valence-corrected chi connectivity index (χ4v) is 3.74. The second-order valence-corrected chi connectivity index (χ2v) is 7.72. The van der Waals surface area contributed by atoms with Gasteiger partial charge in [-0.05, 0) is 48.7 Å². The van der Waals surface area contributed by atoms with E-state index in [4.69, 9.17) is 11.6 Å². The molecular weight excluding hydrogens is 408 g/mol. The van der Waals surface area contributed by atoms with E-state index in [0.29, 0.717) is 17.9 Å². The van der Waals surface area contributed by atoms with Crippen LogP contribution in [0, 0.1) is 0 Å². The lowest BCUT2D eigenvalue weighted by Crippen LogP contribution is -2.46. The summed E-state index contributed by atoms with van der Waals surface area (Å²) in [6.45, 7) is 0.551. The molecule has 0 radical (unpaired) electrons. The lowest BCUT2D eigenvalue weighted by Gasteiger charge is -2.34. The number of nitrogens with one attached hydrogen (secondary N) is 1. The van der Waals surface area contributed by atoms with E-state index < -0.39 is 0 Å². The first-order chi connectivity index (χ1) is 12.0. The summed E-state index contributed by atoms with van der Waals surface area (Å²) in [7, 11) is 0. The summed E-state index contributed by atoms with van der Waals surface area (Å²) in [5.41, 5.74) is 1.77. The standard InChI is InChI=1S/C17H14BrClN4O2/c18-10-1-2-11-12(7-10)17(5-6-17)9-23(16(11)25)8-15(24)20-14-4-3-13(19)21-22-14/h1-4,7H,5-6,8-9H2,(H,20,22,24). The van der Waals surface area contributed by atoms with Gasteiger partial charge < -0.3 is 10.2 Å². The number of hydrogen-bond donors (Lipinski definition) is 1. The number of benzene rings is 1. The van der Waals surface area contributed by atoms with Crippen LogP contribution in [0.3, 0.4) is 0 Å².